The molecule has 0 saturated heterocycles. The number of hydrogen-bond acceptors (Lipinski definition) is 5. The molecule has 5 rings (SSSR count). The van der Waals surface area contributed by atoms with Crippen LogP contribution in [0.3, 0.4) is 0 Å². The van der Waals surface area contributed by atoms with Crippen LogP contribution in [0.1, 0.15) is 33.7 Å². The second kappa shape index (κ2) is 8.45. The van der Waals surface area contributed by atoms with Crippen LogP contribution in [0.2, 0.25) is 0 Å². The first-order chi connectivity index (χ1) is 16.3. The second-order valence-electron chi connectivity index (χ2n) is 8.66. The number of aryl methyl sites for hydroxylation is 1. The number of rotatable bonds is 7. The zero-order valence-electron chi connectivity index (χ0n) is 19.1. The molecule has 180 valence electrons. The third-order valence-corrected chi connectivity index (χ3v) is 7.98. The summed E-state index contributed by atoms with van der Waals surface area (Å²) >= 11 is 0. The summed E-state index contributed by atoms with van der Waals surface area (Å²) in [5, 5.41) is 3.08. The van der Waals surface area contributed by atoms with Gasteiger partial charge < -0.3 is 14.8 Å². The van der Waals surface area contributed by atoms with E-state index in [1.54, 1.807) is 31.2 Å². The van der Waals surface area contributed by atoms with Gasteiger partial charge in [0.2, 0.25) is 22.7 Å². The molecule has 1 amide bonds. The first-order valence-electron chi connectivity index (χ1n) is 11.2. The van der Waals surface area contributed by atoms with E-state index in [1.807, 2.05) is 43.3 Å². The Labute approximate surface area is 202 Å². The van der Waals surface area contributed by atoms with E-state index >= 15 is 0 Å². The lowest BCUT2D eigenvalue weighted by atomic mass is 9.94. The SMILES string of the molecule is CCNS(=O)(=O)c1ccc(-c2cc(NC(=O)C3(c4ccc5c(c4)OCO5)CC3)ccc2C)cc1.[HH].[HH]. The minimum Gasteiger partial charge on any atom is -0.454 e. The number of hydrogen-bond donors (Lipinski definition) is 2. The Bertz CT molecular complexity index is 1370. The molecule has 1 aliphatic carbocycles. The maximum absolute atomic E-state index is 13.3. The third-order valence-electron chi connectivity index (χ3n) is 6.42. The van der Waals surface area contributed by atoms with E-state index in [1.165, 1.54) is 0 Å². The molecule has 1 aliphatic heterocycles. The standard InChI is InChI=1S/C26H26N2O5S.2H2/c1-3-27-34(30,31)21-9-5-18(6-10-21)22-15-20(8-4-17(22)2)28-25(29)26(12-13-26)19-7-11-23-24(14-19)33-16-32-23;;/h4-11,14-15,27H,3,12-13,16H2,1-2H3,(H,28,29);2*1H. The molecule has 0 spiro atoms. The average molecular weight is 483 g/mol. The molecule has 1 fully saturated rings. The molecule has 0 unspecified atom stereocenters. The van der Waals surface area contributed by atoms with E-state index in [4.69, 9.17) is 9.47 Å². The van der Waals surface area contributed by atoms with Gasteiger partial charge in [0.1, 0.15) is 0 Å². The summed E-state index contributed by atoms with van der Waals surface area (Å²) in [6.07, 6.45) is 1.55. The van der Waals surface area contributed by atoms with Crippen LogP contribution in [-0.4, -0.2) is 27.7 Å². The highest BCUT2D eigenvalue weighted by molar-refractivity contribution is 7.89. The van der Waals surface area contributed by atoms with Crippen LogP contribution in [0.15, 0.2) is 65.6 Å². The molecule has 34 heavy (non-hydrogen) atoms. The second-order valence-corrected chi connectivity index (χ2v) is 10.4. The van der Waals surface area contributed by atoms with Crippen molar-refractivity contribution in [3.05, 3.63) is 71.8 Å². The summed E-state index contributed by atoms with van der Waals surface area (Å²) in [5.41, 5.74) is 3.89. The van der Waals surface area contributed by atoms with Crippen molar-refractivity contribution in [3.8, 4) is 22.6 Å². The van der Waals surface area contributed by atoms with Crippen LogP contribution in [0.5, 0.6) is 11.5 Å². The molecular weight excluding hydrogens is 452 g/mol. The first-order valence-corrected chi connectivity index (χ1v) is 12.7. The highest BCUT2D eigenvalue weighted by Crippen LogP contribution is 2.51. The fraction of sp³-hybridized carbons (Fsp3) is 0.269. The van der Waals surface area contributed by atoms with Gasteiger partial charge in [-0.25, -0.2) is 13.1 Å². The molecule has 2 aliphatic rings. The van der Waals surface area contributed by atoms with Crippen molar-refractivity contribution >= 4 is 21.6 Å². The van der Waals surface area contributed by atoms with Crippen molar-refractivity contribution < 1.29 is 25.5 Å². The highest BCUT2D eigenvalue weighted by Gasteiger charge is 2.51. The summed E-state index contributed by atoms with van der Waals surface area (Å²) in [6.45, 7) is 4.26. The van der Waals surface area contributed by atoms with Crippen molar-refractivity contribution in [1.82, 2.24) is 4.72 Å². The van der Waals surface area contributed by atoms with Gasteiger partial charge in [-0.05, 0) is 78.4 Å². The Morgan fingerprint density at radius 2 is 1.74 bits per heavy atom. The number of nitrogens with one attached hydrogen (secondary N) is 2. The van der Waals surface area contributed by atoms with Crippen molar-refractivity contribution in [1.29, 1.82) is 0 Å². The van der Waals surface area contributed by atoms with Gasteiger partial charge in [0.15, 0.2) is 11.5 Å². The summed E-state index contributed by atoms with van der Waals surface area (Å²) in [6, 6.07) is 18.2. The van der Waals surface area contributed by atoms with Crippen molar-refractivity contribution in [2.24, 2.45) is 0 Å². The highest BCUT2D eigenvalue weighted by atomic mass is 32.2. The Morgan fingerprint density at radius 3 is 2.44 bits per heavy atom. The maximum atomic E-state index is 13.3. The van der Waals surface area contributed by atoms with E-state index in [0.29, 0.717) is 23.7 Å². The number of ether oxygens (including phenoxy) is 2. The topological polar surface area (TPSA) is 93.7 Å². The molecule has 0 atom stereocenters. The molecule has 8 heteroatoms. The number of anilines is 1. The Kier molecular flexibility index (Phi) is 5.58. The van der Waals surface area contributed by atoms with E-state index in [9.17, 15) is 13.2 Å². The summed E-state index contributed by atoms with van der Waals surface area (Å²) < 4.78 is 37.8. The van der Waals surface area contributed by atoms with E-state index in [0.717, 1.165) is 35.1 Å². The van der Waals surface area contributed by atoms with Gasteiger partial charge in [0.05, 0.1) is 10.3 Å². The van der Waals surface area contributed by atoms with Crippen LogP contribution < -0.4 is 19.5 Å². The quantitative estimate of drug-likeness (QED) is 0.502. The Balaban J connectivity index is 0.00000180. The fourth-order valence-corrected chi connectivity index (χ4v) is 5.36. The number of carbonyl (C=O) groups is 1. The minimum absolute atomic E-state index is 0. The van der Waals surface area contributed by atoms with Gasteiger partial charge in [-0.2, -0.15) is 0 Å². The smallest absolute Gasteiger partial charge is 0.240 e. The summed E-state index contributed by atoms with van der Waals surface area (Å²) in [4.78, 5) is 13.5. The Hall–Kier alpha value is -3.36. The zero-order valence-corrected chi connectivity index (χ0v) is 19.9. The lowest BCUT2D eigenvalue weighted by molar-refractivity contribution is -0.118. The largest absolute Gasteiger partial charge is 0.454 e. The van der Waals surface area contributed by atoms with Gasteiger partial charge in [0.25, 0.3) is 0 Å². The molecular formula is C26H30N2O5S. The molecule has 1 heterocycles. The van der Waals surface area contributed by atoms with Gasteiger partial charge in [0, 0.05) is 15.1 Å². The number of amides is 1. The number of fused-ring (bicyclic) bond motifs is 1. The van der Waals surface area contributed by atoms with Crippen molar-refractivity contribution in [2.75, 3.05) is 18.7 Å². The van der Waals surface area contributed by atoms with Crippen LogP contribution in [0.25, 0.3) is 11.1 Å². The molecule has 3 aromatic rings. The zero-order chi connectivity index (χ0) is 23.9. The molecule has 1 saturated carbocycles. The van der Waals surface area contributed by atoms with Gasteiger partial charge in [-0.3, -0.25) is 4.79 Å². The lowest BCUT2D eigenvalue weighted by Crippen LogP contribution is -2.27. The predicted octanol–water partition coefficient (Wildman–Crippen LogP) is 4.85. The first kappa shape index (κ1) is 22.4. The minimum atomic E-state index is -3.51. The monoisotopic (exact) mass is 482 g/mol. The molecule has 0 radical (unpaired) electrons. The maximum Gasteiger partial charge on any atom is 0.240 e. The molecule has 2 N–H and O–H groups in total. The van der Waals surface area contributed by atoms with Crippen molar-refractivity contribution in [3.63, 3.8) is 0 Å². The van der Waals surface area contributed by atoms with Gasteiger partial charge >= 0.3 is 0 Å². The number of benzene rings is 3. The Morgan fingerprint density at radius 1 is 1.00 bits per heavy atom. The van der Waals surface area contributed by atoms with Crippen LogP contribution in [0, 0.1) is 6.92 Å². The van der Waals surface area contributed by atoms with Crippen molar-refractivity contribution in [2.45, 2.75) is 37.0 Å². The number of carbonyl (C=O) groups excluding carboxylic acids is 1. The predicted molar refractivity (Wildman–Crippen MR) is 134 cm³/mol. The normalized spacial score (nSPS) is 15.7. The molecule has 7 nitrogen and oxygen atoms in total. The van der Waals surface area contributed by atoms with Crippen LogP contribution in [-0.2, 0) is 20.2 Å². The molecule has 3 aromatic carbocycles. The fourth-order valence-electron chi connectivity index (χ4n) is 4.31. The van der Waals surface area contributed by atoms with E-state index in [-0.39, 0.29) is 20.4 Å². The summed E-state index contributed by atoms with van der Waals surface area (Å²) in [5.74, 6) is 1.33. The molecule has 0 bridgehead atoms. The lowest BCUT2D eigenvalue weighted by Gasteiger charge is -2.17. The molecule has 0 aromatic heterocycles. The van der Waals surface area contributed by atoms with E-state index < -0.39 is 15.4 Å². The third kappa shape index (κ3) is 4.03. The summed E-state index contributed by atoms with van der Waals surface area (Å²) in [7, 11) is -3.51. The number of sulfonamides is 1. The van der Waals surface area contributed by atoms with Gasteiger partial charge in [-0.15, -0.1) is 0 Å². The van der Waals surface area contributed by atoms with E-state index in [2.05, 4.69) is 10.0 Å². The average Bonchev–Trinajstić information content (AvgIpc) is 3.51. The van der Waals surface area contributed by atoms with Crippen LogP contribution in [0.4, 0.5) is 5.69 Å². The van der Waals surface area contributed by atoms with Crippen LogP contribution >= 0.6 is 0 Å². The van der Waals surface area contributed by atoms with Gasteiger partial charge in [-0.1, -0.05) is 31.2 Å².